The fourth-order valence-corrected chi connectivity index (χ4v) is 4.61. The van der Waals surface area contributed by atoms with Crippen LogP contribution in [0.3, 0.4) is 0 Å². The summed E-state index contributed by atoms with van der Waals surface area (Å²) in [6, 6.07) is 13.8. The van der Waals surface area contributed by atoms with E-state index in [4.69, 9.17) is 9.47 Å². The van der Waals surface area contributed by atoms with Gasteiger partial charge in [-0.05, 0) is 55.0 Å². The van der Waals surface area contributed by atoms with E-state index in [0.29, 0.717) is 25.4 Å². The lowest BCUT2D eigenvalue weighted by Gasteiger charge is -2.33. The van der Waals surface area contributed by atoms with E-state index in [1.807, 2.05) is 31.2 Å². The van der Waals surface area contributed by atoms with E-state index in [0.717, 1.165) is 11.3 Å². The maximum atomic E-state index is 12.9. The summed E-state index contributed by atoms with van der Waals surface area (Å²) in [5.41, 5.74) is 0.861. The van der Waals surface area contributed by atoms with Crippen LogP contribution in [-0.2, 0) is 14.8 Å². The van der Waals surface area contributed by atoms with Gasteiger partial charge in [-0.3, -0.25) is 4.79 Å². The average Bonchev–Trinajstić information content (AvgIpc) is 2.78. The van der Waals surface area contributed by atoms with Crippen LogP contribution in [-0.4, -0.2) is 63.4 Å². The number of piperazine rings is 1. The van der Waals surface area contributed by atoms with Crippen LogP contribution >= 0.6 is 0 Å². The molecule has 1 aliphatic rings. The molecule has 0 atom stereocenters. The van der Waals surface area contributed by atoms with Gasteiger partial charge in [0.25, 0.3) is 0 Å². The standard InChI is InChI=1S/C22H26N2O5S/c1-3-29-19-8-10-21(11-9-19)30(26,27)24-15-13-23(14-16-24)22(25)12-7-18-5-4-6-20(17-18)28-2/h4-12,17H,3,13-16H2,1-2H3/b12-7+. The molecule has 8 heteroatoms. The number of nitrogens with zero attached hydrogens (tertiary/aromatic N) is 2. The molecule has 0 N–H and O–H groups in total. The summed E-state index contributed by atoms with van der Waals surface area (Å²) < 4.78 is 37.7. The SMILES string of the molecule is CCOc1ccc(S(=O)(=O)N2CCN(C(=O)/C=C/c3cccc(OC)c3)CC2)cc1. The number of amides is 1. The molecular weight excluding hydrogens is 404 g/mol. The van der Waals surface area contributed by atoms with Crippen LogP contribution in [0.5, 0.6) is 11.5 Å². The summed E-state index contributed by atoms with van der Waals surface area (Å²) in [5, 5.41) is 0. The highest BCUT2D eigenvalue weighted by Crippen LogP contribution is 2.21. The maximum Gasteiger partial charge on any atom is 0.246 e. The third kappa shape index (κ3) is 5.20. The normalized spacial score (nSPS) is 15.3. The van der Waals surface area contributed by atoms with Gasteiger partial charge in [-0.1, -0.05) is 12.1 Å². The summed E-state index contributed by atoms with van der Waals surface area (Å²) in [4.78, 5) is 14.4. The summed E-state index contributed by atoms with van der Waals surface area (Å²) in [6.45, 7) is 3.60. The van der Waals surface area contributed by atoms with Gasteiger partial charge in [-0.15, -0.1) is 0 Å². The Balaban J connectivity index is 1.59. The molecule has 30 heavy (non-hydrogen) atoms. The second kappa shape index (κ2) is 9.77. The first-order valence-corrected chi connectivity index (χ1v) is 11.2. The van der Waals surface area contributed by atoms with E-state index >= 15 is 0 Å². The van der Waals surface area contributed by atoms with Crippen molar-refractivity contribution in [2.24, 2.45) is 0 Å². The van der Waals surface area contributed by atoms with Gasteiger partial charge in [-0.2, -0.15) is 4.31 Å². The number of carbonyl (C=O) groups excluding carboxylic acids is 1. The van der Waals surface area contributed by atoms with Crippen molar-refractivity contribution < 1.29 is 22.7 Å². The summed E-state index contributed by atoms with van der Waals surface area (Å²) in [5.74, 6) is 1.21. The number of ether oxygens (including phenoxy) is 2. The Labute approximate surface area is 177 Å². The quantitative estimate of drug-likeness (QED) is 0.631. The highest BCUT2D eigenvalue weighted by molar-refractivity contribution is 7.89. The molecule has 2 aromatic carbocycles. The minimum absolute atomic E-state index is 0.143. The molecule has 1 heterocycles. The van der Waals surface area contributed by atoms with Crippen molar-refractivity contribution >= 4 is 22.0 Å². The van der Waals surface area contributed by atoms with Crippen molar-refractivity contribution in [3.8, 4) is 11.5 Å². The Morgan fingerprint density at radius 3 is 2.37 bits per heavy atom. The van der Waals surface area contributed by atoms with E-state index in [2.05, 4.69) is 0 Å². The van der Waals surface area contributed by atoms with E-state index in [1.165, 1.54) is 10.4 Å². The lowest BCUT2D eigenvalue weighted by molar-refractivity contribution is -0.127. The van der Waals surface area contributed by atoms with Gasteiger partial charge >= 0.3 is 0 Å². The van der Waals surface area contributed by atoms with Gasteiger partial charge in [0, 0.05) is 32.3 Å². The van der Waals surface area contributed by atoms with Gasteiger partial charge in [0.2, 0.25) is 15.9 Å². The molecule has 0 aromatic heterocycles. The van der Waals surface area contributed by atoms with Gasteiger partial charge < -0.3 is 14.4 Å². The zero-order chi connectivity index (χ0) is 21.6. The van der Waals surface area contributed by atoms with E-state index in [9.17, 15) is 13.2 Å². The maximum absolute atomic E-state index is 12.9. The van der Waals surface area contributed by atoms with Crippen LogP contribution in [0.1, 0.15) is 12.5 Å². The molecule has 0 radical (unpaired) electrons. The number of carbonyl (C=O) groups is 1. The number of sulfonamides is 1. The molecular formula is C22H26N2O5S. The Morgan fingerprint density at radius 2 is 1.73 bits per heavy atom. The second-order valence-electron chi connectivity index (χ2n) is 6.74. The largest absolute Gasteiger partial charge is 0.497 e. The smallest absolute Gasteiger partial charge is 0.246 e. The third-order valence-corrected chi connectivity index (χ3v) is 6.75. The number of benzene rings is 2. The summed E-state index contributed by atoms with van der Waals surface area (Å²) in [7, 11) is -2.01. The van der Waals surface area contributed by atoms with Crippen molar-refractivity contribution in [1.82, 2.24) is 9.21 Å². The second-order valence-corrected chi connectivity index (χ2v) is 8.68. The van der Waals surface area contributed by atoms with Gasteiger partial charge in [0.05, 0.1) is 18.6 Å². The Bertz CT molecular complexity index is 994. The third-order valence-electron chi connectivity index (χ3n) is 4.83. The van der Waals surface area contributed by atoms with Crippen molar-refractivity contribution in [3.05, 3.63) is 60.2 Å². The van der Waals surface area contributed by atoms with E-state index < -0.39 is 10.0 Å². The molecule has 1 saturated heterocycles. The molecule has 0 aliphatic carbocycles. The summed E-state index contributed by atoms with van der Waals surface area (Å²) in [6.07, 6.45) is 3.24. The Morgan fingerprint density at radius 1 is 1.03 bits per heavy atom. The first-order valence-electron chi connectivity index (χ1n) is 9.78. The topological polar surface area (TPSA) is 76.2 Å². The van der Waals surface area contributed by atoms with Crippen LogP contribution < -0.4 is 9.47 Å². The number of hydrogen-bond donors (Lipinski definition) is 0. The van der Waals surface area contributed by atoms with E-state index in [1.54, 1.807) is 42.4 Å². The molecule has 0 bridgehead atoms. The first kappa shape index (κ1) is 21.9. The van der Waals surface area contributed by atoms with Gasteiger partial charge in [-0.25, -0.2) is 8.42 Å². The summed E-state index contributed by atoms with van der Waals surface area (Å²) >= 11 is 0. The zero-order valence-corrected chi connectivity index (χ0v) is 18.0. The predicted octanol–water partition coefficient (Wildman–Crippen LogP) is 2.64. The number of rotatable bonds is 7. The van der Waals surface area contributed by atoms with Crippen LogP contribution in [0.2, 0.25) is 0 Å². The molecule has 1 amide bonds. The van der Waals surface area contributed by atoms with Crippen LogP contribution in [0.25, 0.3) is 6.08 Å². The number of methoxy groups -OCH3 is 1. The van der Waals surface area contributed by atoms with Gasteiger partial charge in [0.15, 0.2) is 0 Å². The van der Waals surface area contributed by atoms with Gasteiger partial charge in [0.1, 0.15) is 11.5 Å². The van der Waals surface area contributed by atoms with Crippen molar-refractivity contribution in [2.75, 3.05) is 39.9 Å². The van der Waals surface area contributed by atoms with Crippen LogP contribution in [0.4, 0.5) is 0 Å². The minimum Gasteiger partial charge on any atom is -0.497 e. The number of hydrogen-bond acceptors (Lipinski definition) is 5. The molecule has 1 fully saturated rings. The van der Waals surface area contributed by atoms with E-state index in [-0.39, 0.29) is 23.9 Å². The van der Waals surface area contributed by atoms with Crippen molar-refractivity contribution in [3.63, 3.8) is 0 Å². The molecule has 3 rings (SSSR count). The Hall–Kier alpha value is -2.84. The highest BCUT2D eigenvalue weighted by atomic mass is 32.2. The van der Waals surface area contributed by atoms with Crippen molar-refractivity contribution in [2.45, 2.75) is 11.8 Å². The predicted molar refractivity (Wildman–Crippen MR) is 115 cm³/mol. The molecule has 160 valence electrons. The van der Waals surface area contributed by atoms with Crippen molar-refractivity contribution in [1.29, 1.82) is 0 Å². The molecule has 0 saturated carbocycles. The minimum atomic E-state index is -3.60. The van der Waals surface area contributed by atoms with Crippen LogP contribution in [0.15, 0.2) is 59.5 Å². The lowest BCUT2D eigenvalue weighted by atomic mass is 10.2. The monoisotopic (exact) mass is 430 g/mol. The fraction of sp³-hybridized carbons (Fsp3) is 0.318. The molecule has 7 nitrogen and oxygen atoms in total. The molecule has 0 spiro atoms. The zero-order valence-electron chi connectivity index (χ0n) is 17.2. The Kier molecular flexibility index (Phi) is 7.12. The fourth-order valence-electron chi connectivity index (χ4n) is 3.19. The molecule has 2 aromatic rings. The average molecular weight is 431 g/mol. The van der Waals surface area contributed by atoms with Crippen LogP contribution in [0, 0.1) is 0 Å². The lowest BCUT2D eigenvalue weighted by Crippen LogP contribution is -2.50. The molecule has 1 aliphatic heterocycles. The first-order chi connectivity index (χ1) is 14.4. The molecule has 0 unspecified atom stereocenters. The highest BCUT2D eigenvalue weighted by Gasteiger charge is 2.29.